The van der Waals surface area contributed by atoms with Crippen molar-refractivity contribution in [3.63, 3.8) is 0 Å². The number of carbonyl (C=O) groups excluding carboxylic acids is 1. The fourth-order valence-electron chi connectivity index (χ4n) is 3.19. The highest BCUT2D eigenvalue weighted by atomic mass is 16.5. The normalized spacial score (nSPS) is 16.7. The van der Waals surface area contributed by atoms with E-state index < -0.39 is 0 Å². The van der Waals surface area contributed by atoms with Crippen LogP contribution in [0.3, 0.4) is 0 Å². The molecule has 132 valence electrons. The Kier molecular flexibility index (Phi) is 5.39. The summed E-state index contributed by atoms with van der Waals surface area (Å²) in [4.78, 5) is 14.7. The topological polar surface area (TPSA) is 41.6 Å². The Morgan fingerprint density at radius 3 is 2.68 bits per heavy atom. The Bertz CT molecular complexity index is 751. The zero-order valence-electron chi connectivity index (χ0n) is 15.2. The molecule has 4 nitrogen and oxygen atoms in total. The number of benzene rings is 2. The largest absolute Gasteiger partial charge is 0.376 e. The van der Waals surface area contributed by atoms with Gasteiger partial charge in [-0.1, -0.05) is 24.3 Å². The van der Waals surface area contributed by atoms with Crippen LogP contribution in [0.15, 0.2) is 42.5 Å². The minimum absolute atomic E-state index is 0.0175. The highest BCUT2D eigenvalue weighted by molar-refractivity contribution is 6.00. The number of hydrogen-bond donors (Lipinski definition) is 1. The van der Waals surface area contributed by atoms with Crippen LogP contribution in [0.25, 0.3) is 0 Å². The number of amides is 1. The number of nitrogens with one attached hydrogen (secondary N) is 1. The maximum atomic E-state index is 12.9. The molecule has 2 aromatic rings. The minimum atomic E-state index is 0.0175. The molecule has 0 saturated carbocycles. The molecule has 4 heteroatoms. The standard InChI is InChI=1S/C21H26N2O2/c1-15-8-6-12-19(16(15)2)22-20-11-5-4-10-18(20)21(24)23(3)14-17-9-7-13-25-17/h4-6,8,10-12,17,22H,7,9,13-14H2,1-3H3. The van der Waals surface area contributed by atoms with E-state index in [1.54, 1.807) is 4.90 Å². The van der Waals surface area contributed by atoms with Gasteiger partial charge in [-0.2, -0.15) is 0 Å². The van der Waals surface area contributed by atoms with E-state index in [9.17, 15) is 4.79 Å². The van der Waals surface area contributed by atoms with Gasteiger partial charge in [0.05, 0.1) is 17.4 Å². The number of hydrogen-bond acceptors (Lipinski definition) is 3. The summed E-state index contributed by atoms with van der Waals surface area (Å²) in [6, 6.07) is 13.8. The second-order valence-electron chi connectivity index (χ2n) is 6.74. The highest BCUT2D eigenvalue weighted by Crippen LogP contribution is 2.26. The number of carbonyl (C=O) groups is 1. The molecule has 0 bridgehead atoms. The first-order valence-electron chi connectivity index (χ1n) is 8.85. The lowest BCUT2D eigenvalue weighted by Gasteiger charge is -2.22. The molecule has 1 atom stereocenters. The number of likely N-dealkylation sites (N-methyl/N-ethyl adjacent to an activating group) is 1. The molecule has 1 aliphatic heterocycles. The minimum Gasteiger partial charge on any atom is -0.376 e. The van der Waals surface area contributed by atoms with Crippen molar-refractivity contribution in [1.29, 1.82) is 0 Å². The summed E-state index contributed by atoms with van der Waals surface area (Å²) in [5.41, 5.74) is 4.97. The Labute approximate surface area is 149 Å². The predicted molar refractivity (Wildman–Crippen MR) is 102 cm³/mol. The first-order chi connectivity index (χ1) is 12.1. The van der Waals surface area contributed by atoms with Crippen molar-refractivity contribution >= 4 is 17.3 Å². The number of para-hydroxylation sites is 1. The molecule has 0 spiro atoms. The van der Waals surface area contributed by atoms with Crippen LogP contribution in [0.5, 0.6) is 0 Å². The molecule has 1 N–H and O–H groups in total. The second kappa shape index (κ2) is 7.70. The van der Waals surface area contributed by atoms with Crippen LogP contribution < -0.4 is 5.32 Å². The maximum Gasteiger partial charge on any atom is 0.255 e. The highest BCUT2D eigenvalue weighted by Gasteiger charge is 2.22. The fourth-order valence-corrected chi connectivity index (χ4v) is 3.19. The first kappa shape index (κ1) is 17.5. The molecular formula is C21H26N2O2. The van der Waals surface area contributed by atoms with Crippen LogP contribution in [0, 0.1) is 13.8 Å². The SMILES string of the molecule is Cc1cccc(Nc2ccccc2C(=O)N(C)CC2CCCO2)c1C. The monoisotopic (exact) mass is 338 g/mol. The van der Waals surface area contributed by atoms with Gasteiger partial charge in [-0.25, -0.2) is 0 Å². The van der Waals surface area contributed by atoms with E-state index in [1.165, 1.54) is 11.1 Å². The Hall–Kier alpha value is -2.33. The van der Waals surface area contributed by atoms with Gasteiger partial charge < -0.3 is 15.0 Å². The smallest absolute Gasteiger partial charge is 0.255 e. The molecule has 1 aliphatic rings. The summed E-state index contributed by atoms with van der Waals surface area (Å²) in [7, 11) is 1.85. The number of anilines is 2. The summed E-state index contributed by atoms with van der Waals surface area (Å²) in [6.45, 7) is 5.62. The van der Waals surface area contributed by atoms with Crippen molar-refractivity contribution in [3.8, 4) is 0 Å². The van der Waals surface area contributed by atoms with Gasteiger partial charge in [0, 0.05) is 25.9 Å². The van der Waals surface area contributed by atoms with Crippen molar-refractivity contribution in [3.05, 3.63) is 59.2 Å². The van der Waals surface area contributed by atoms with Crippen LogP contribution in [0.1, 0.15) is 34.3 Å². The molecule has 0 radical (unpaired) electrons. The molecule has 1 fully saturated rings. The summed E-state index contributed by atoms with van der Waals surface area (Å²) in [6.07, 6.45) is 2.27. The Morgan fingerprint density at radius 1 is 1.16 bits per heavy atom. The van der Waals surface area contributed by atoms with E-state index in [4.69, 9.17) is 4.74 Å². The molecule has 2 aromatic carbocycles. The van der Waals surface area contributed by atoms with Gasteiger partial charge in [0.25, 0.3) is 5.91 Å². The molecule has 1 unspecified atom stereocenters. The van der Waals surface area contributed by atoms with Crippen molar-refractivity contribution in [1.82, 2.24) is 4.90 Å². The van der Waals surface area contributed by atoms with Gasteiger partial charge >= 0.3 is 0 Å². The van der Waals surface area contributed by atoms with Gasteiger partial charge in [-0.05, 0) is 56.0 Å². The van der Waals surface area contributed by atoms with Crippen LogP contribution in [-0.4, -0.2) is 37.1 Å². The van der Waals surface area contributed by atoms with Crippen LogP contribution in [0.4, 0.5) is 11.4 Å². The van der Waals surface area contributed by atoms with Gasteiger partial charge in [0.1, 0.15) is 0 Å². The van der Waals surface area contributed by atoms with E-state index in [-0.39, 0.29) is 12.0 Å². The zero-order chi connectivity index (χ0) is 17.8. The molecule has 1 amide bonds. The van der Waals surface area contributed by atoms with E-state index in [2.05, 4.69) is 25.2 Å². The van der Waals surface area contributed by atoms with Gasteiger partial charge in [-0.15, -0.1) is 0 Å². The predicted octanol–water partition coefficient (Wildman–Crippen LogP) is 4.30. The number of ether oxygens (including phenoxy) is 1. The second-order valence-corrected chi connectivity index (χ2v) is 6.74. The first-order valence-corrected chi connectivity index (χ1v) is 8.85. The third-order valence-electron chi connectivity index (χ3n) is 4.88. The molecular weight excluding hydrogens is 312 g/mol. The van der Waals surface area contributed by atoms with E-state index >= 15 is 0 Å². The Morgan fingerprint density at radius 2 is 1.92 bits per heavy atom. The van der Waals surface area contributed by atoms with Crippen molar-refractivity contribution < 1.29 is 9.53 Å². The Balaban J connectivity index is 1.80. The third-order valence-corrected chi connectivity index (χ3v) is 4.88. The zero-order valence-corrected chi connectivity index (χ0v) is 15.2. The number of nitrogens with zero attached hydrogens (tertiary/aromatic N) is 1. The molecule has 25 heavy (non-hydrogen) atoms. The molecule has 1 heterocycles. The maximum absolute atomic E-state index is 12.9. The lowest BCUT2D eigenvalue weighted by atomic mass is 10.1. The molecule has 0 aliphatic carbocycles. The van der Waals surface area contributed by atoms with E-state index in [0.717, 1.165) is 30.8 Å². The summed E-state index contributed by atoms with van der Waals surface area (Å²) >= 11 is 0. The van der Waals surface area contributed by atoms with Gasteiger partial charge in [0.2, 0.25) is 0 Å². The van der Waals surface area contributed by atoms with E-state index in [0.29, 0.717) is 12.1 Å². The van der Waals surface area contributed by atoms with Gasteiger partial charge in [-0.3, -0.25) is 4.79 Å². The summed E-state index contributed by atoms with van der Waals surface area (Å²) in [5, 5.41) is 3.43. The average Bonchev–Trinajstić information content (AvgIpc) is 3.12. The summed E-state index contributed by atoms with van der Waals surface area (Å²) in [5.74, 6) is 0.0175. The van der Waals surface area contributed by atoms with Crippen LogP contribution in [-0.2, 0) is 4.74 Å². The third kappa shape index (κ3) is 4.02. The number of rotatable bonds is 5. The lowest BCUT2D eigenvalue weighted by molar-refractivity contribution is 0.0588. The molecule has 1 saturated heterocycles. The molecule has 3 rings (SSSR count). The average molecular weight is 338 g/mol. The van der Waals surface area contributed by atoms with Crippen molar-refractivity contribution in [2.24, 2.45) is 0 Å². The molecule has 0 aromatic heterocycles. The van der Waals surface area contributed by atoms with E-state index in [1.807, 2.05) is 43.4 Å². The van der Waals surface area contributed by atoms with Crippen LogP contribution >= 0.6 is 0 Å². The fraction of sp³-hybridized carbons (Fsp3) is 0.381. The van der Waals surface area contributed by atoms with Crippen molar-refractivity contribution in [2.75, 3.05) is 25.5 Å². The van der Waals surface area contributed by atoms with Crippen molar-refractivity contribution in [2.45, 2.75) is 32.8 Å². The number of aryl methyl sites for hydroxylation is 1. The van der Waals surface area contributed by atoms with Crippen LogP contribution in [0.2, 0.25) is 0 Å². The lowest BCUT2D eigenvalue weighted by Crippen LogP contribution is -2.34. The quantitative estimate of drug-likeness (QED) is 0.884. The van der Waals surface area contributed by atoms with Gasteiger partial charge in [0.15, 0.2) is 0 Å². The summed E-state index contributed by atoms with van der Waals surface area (Å²) < 4.78 is 5.65.